The Morgan fingerprint density at radius 2 is 1.80 bits per heavy atom. The number of aromatic nitrogens is 1. The molecule has 10 heteroatoms. The van der Waals surface area contributed by atoms with Crippen LogP contribution in [-0.4, -0.2) is 74.6 Å². The van der Waals surface area contributed by atoms with Crippen LogP contribution in [0, 0.1) is 5.92 Å². The number of benzene rings is 2. The van der Waals surface area contributed by atoms with E-state index in [1.54, 1.807) is 12.1 Å². The van der Waals surface area contributed by atoms with Gasteiger partial charge in [0.25, 0.3) is 5.91 Å². The van der Waals surface area contributed by atoms with Crippen LogP contribution in [0.4, 0.5) is 4.39 Å². The summed E-state index contributed by atoms with van der Waals surface area (Å²) < 4.78 is 53.3. The molecule has 3 heterocycles. The molecule has 8 nitrogen and oxygen atoms in total. The number of amides is 1. The fraction of sp³-hybridized carbons (Fsp3) is 0.516. The number of rotatable bonds is 1. The molecule has 41 heavy (non-hydrogen) atoms. The van der Waals surface area contributed by atoms with Gasteiger partial charge in [-0.05, 0) is 63.5 Å². The number of nitrogens with zero attached hydrogens (tertiary/aromatic N) is 3. The summed E-state index contributed by atoms with van der Waals surface area (Å²) >= 11 is 0. The van der Waals surface area contributed by atoms with Gasteiger partial charge in [-0.25, -0.2) is 9.11 Å². The molecule has 2 aromatic carbocycles. The minimum Gasteiger partial charge on any atom is -0.492 e. The number of carbonyl (C=O) groups excluding carboxylic acids is 1. The van der Waals surface area contributed by atoms with Crippen LogP contribution in [0.25, 0.3) is 22.2 Å². The van der Waals surface area contributed by atoms with Crippen molar-refractivity contribution in [3.63, 3.8) is 0 Å². The smallest absolute Gasteiger partial charge is 0.303 e. The molecule has 3 atom stereocenters. The van der Waals surface area contributed by atoms with E-state index in [1.807, 2.05) is 31.3 Å². The van der Waals surface area contributed by atoms with Crippen molar-refractivity contribution in [1.82, 2.24) is 18.5 Å². The van der Waals surface area contributed by atoms with Crippen LogP contribution >= 0.6 is 0 Å². The van der Waals surface area contributed by atoms with Gasteiger partial charge in [0.2, 0.25) is 0 Å². The zero-order chi connectivity index (χ0) is 28.7. The summed E-state index contributed by atoms with van der Waals surface area (Å²) in [4.78, 5) is 15.3. The molecule has 1 saturated carbocycles. The van der Waals surface area contributed by atoms with Gasteiger partial charge in [0.05, 0.1) is 12.3 Å². The zero-order valence-corrected chi connectivity index (χ0v) is 24.6. The molecular weight excluding hydrogens is 543 g/mol. The van der Waals surface area contributed by atoms with Gasteiger partial charge in [0.15, 0.2) is 0 Å². The quantitative estimate of drug-likeness (QED) is 0.439. The molecule has 0 radical (unpaired) electrons. The van der Waals surface area contributed by atoms with E-state index >= 15 is 4.39 Å². The molecule has 3 aliphatic rings. The second kappa shape index (κ2) is 11.4. The normalized spacial score (nSPS) is 26.2. The number of carbonyl (C=O) groups is 1. The number of hydrogen-bond donors (Lipinski definition) is 1. The van der Waals surface area contributed by atoms with Crippen LogP contribution < -0.4 is 9.46 Å². The highest BCUT2D eigenvalue weighted by molar-refractivity contribution is 7.87. The summed E-state index contributed by atoms with van der Waals surface area (Å²) in [5.74, 6) is 0.146. The highest BCUT2D eigenvalue weighted by atomic mass is 32.2. The highest BCUT2D eigenvalue weighted by Gasteiger charge is 2.32. The topological polar surface area (TPSA) is 83.9 Å². The van der Waals surface area contributed by atoms with E-state index < -0.39 is 22.3 Å². The van der Waals surface area contributed by atoms with Gasteiger partial charge < -0.3 is 14.2 Å². The molecule has 2 aliphatic heterocycles. The Balaban J connectivity index is 1.48. The lowest BCUT2D eigenvalue weighted by atomic mass is 9.81. The van der Waals surface area contributed by atoms with Crippen LogP contribution in [-0.2, 0) is 16.8 Å². The maximum Gasteiger partial charge on any atom is 0.303 e. The second-order valence-electron chi connectivity index (χ2n) is 11.9. The second-order valence-corrected chi connectivity index (χ2v) is 13.7. The Labute approximate surface area is 241 Å². The van der Waals surface area contributed by atoms with E-state index in [4.69, 9.17) is 4.74 Å². The lowest BCUT2D eigenvalue weighted by Crippen LogP contribution is -2.44. The Hall–Kier alpha value is -2.95. The molecule has 1 aromatic heterocycles. The van der Waals surface area contributed by atoms with Crippen LogP contribution in [0.5, 0.6) is 5.75 Å². The van der Waals surface area contributed by atoms with Crippen molar-refractivity contribution >= 4 is 27.0 Å². The maximum atomic E-state index is 15.2. The Morgan fingerprint density at radius 1 is 0.976 bits per heavy atom. The van der Waals surface area contributed by atoms with Gasteiger partial charge in [0, 0.05) is 66.1 Å². The highest BCUT2D eigenvalue weighted by Crippen LogP contribution is 2.45. The number of nitrogens with one attached hydrogen (secondary N) is 1. The number of likely N-dealkylation sites (N-methyl/N-ethyl adjacent to an activating group) is 2. The zero-order valence-electron chi connectivity index (χ0n) is 23.8. The fourth-order valence-electron chi connectivity index (χ4n) is 6.60. The molecule has 1 unspecified atom stereocenters. The molecule has 3 aromatic rings. The van der Waals surface area contributed by atoms with Crippen molar-refractivity contribution in [2.24, 2.45) is 5.92 Å². The first-order valence-corrected chi connectivity index (χ1v) is 16.2. The number of para-hydroxylation sites is 1. The van der Waals surface area contributed by atoms with Crippen molar-refractivity contribution in [3.8, 4) is 17.0 Å². The molecule has 0 saturated heterocycles. The maximum absolute atomic E-state index is 15.2. The molecule has 4 bridgehead atoms. The largest absolute Gasteiger partial charge is 0.492 e. The number of hydrogen-bond acceptors (Lipinski definition) is 5. The van der Waals surface area contributed by atoms with Gasteiger partial charge in [0.1, 0.15) is 11.9 Å². The SMILES string of the molecule is CN1CCCC2COc3c(cccc3[C@H]3CCCC[C@@H]3F)-c3cc4ccc(cc4n3C2)C(=O)NS(=O)(=O)N(C)CC1. The van der Waals surface area contributed by atoms with Gasteiger partial charge in [-0.2, -0.15) is 12.7 Å². The van der Waals surface area contributed by atoms with Crippen molar-refractivity contribution < 1.29 is 22.3 Å². The third-order valence-corrected chi connectivity index (χ3v) is 10.5. The lowest BCUT2D eigenvalue weighted by molar-refractivity contribution is 0.0979. The van der Waals surface area contributed by atoms with Crippen LogP contribution in [0.15, 0.2) is 42.5 Å². The molecule has 1 fully saturated rings. The summed E-state index contributed by atoms with van der Waals surface area (Å²) in [6, 6.07) is 13.5. The van der Waals surface area contributed by atoms with E-state index in [9.17, 15) is 13.2 Å². The molecule has 1 N–H and O–H groups in total. The third-order valence-electron chi connectivity index (χ3n) is 9.05. The molecule has 1 amide bonds. The number of halogens is 1. The van der Waals surface area contributed by atoms with E-state index in [1.165, 1.54) is 11.4 Å². The molecule has 220 valence electrons. The first-order chi connectivity index (χ1) is 19.7. The van der Waals surface area contributed by atoms with Crippen molar-refractivity contribution in [3.05, 3.63) is 53.6 Å². The predicted molar refractivity (Wildman–Crippen MR) is 158 cm³/mol. The number of alkyl halides is 1. The number of ether oxygens (including phenoxy) is 1. The summed E-state index contributed by atoms with van der Waals surface area (Å²) in [5, 5.41) is 0.954. The summed E-state index contributed by atoms with van der Waals surface area (Å²) in [6.07, 6.45) is 4.31. The summed E-state index contributed by atoms with van der Waals surface area (Å²) in [7, 11) is -0.519. The monoisotopic (exact) mass is 582 g/mol. The summed E-state index contributed by atoms with van der Waals surface area (Å²) in [6.45, 7) is 2.86. The van der Waals surface area contributed by atoms with Gasteiger partial charge in [-0.3, -0.25) is 4.79 Å². The predicted octanol–water partition coefficient (Wildman–Crippen LogP) is 4.94. The summed E-state index contributed by atoms with van der Waals surface area (Å²) in [5.41, 5.74) is 4.00. The lowest BCUT2D eigenvalue weighted by Gasteiger charge is -2.31. The first-order valence-electron chi connectivity index (χ1n) is 14.7. The van der Waals surface area contributed by atoms with Crippen molar-refractivity contribution in [2.75, 3.05) is 40.3 Å². The van der Waals surface area contributed by atoms with E-state index in [2.05, 4.69) is 20.3 Å². The average molecular weight is 583 g/mol. The Morgan fingerprint density at radius 3 is 2.63 bits per heavy atom. The first kappa shape index (κ1) is 28.2. The van der Waals surface area contributed by atoms with Crippen LogP contribution in [0.3, 0.4) is 0 Å². The average Bonchev–Trinajstić information content (AvgIpc) is 3.29. The van der Waals surface area contributed by atoms with Crippen LogP contribution in [0.1, 0.15) is 60.4 Å². The van der Waals surface area contributed by atoms with Crippen LogP contribution in [0.2, 0.25) is 0 Å². The minimum atomic E-state index is -3.98. The van der Waals surface area contributed by atoms with Crippen molar-refractivity contribution in [2.45, 2.75) is 57.2 Å². The van der Waals surface area contributed by atoms with Gasteiger partial charge in [-0.15, -0.1) is 0 Å². The molecular formula is C31H39FN4O4S. The van der Waals surface area contributed by atoms with Gasteiger partial charge >= 0.3 is 10.2 Å². The molecule has 0 spiro atoms. The standard InChI is InChI=1S/C31H39FN4O4S/c1-34-14-6-7-21-19-36-28-18-23(31(37)33-41(38,39)35(2)16-15-34)13-12-22(28)17-29(36)26-10-5-9-25(30(26)40-20-21)24-8-3-4-11-27(24)32/h5,9-10,12-13,17-18,21,24,27H,3-4,6-8,11,14-16,19-20H2,1-2H3,(H,33,37)/t21?,24-,27+/m1/s1. The van der Waals surface area contributed by atoms with E-state index in [0.717, 1.165) is 72.1 Å². The van der Waals surface area contributed by atoms with Gasteiger partial charge in [-0.1, -0.05) is 31.0 Å². The molecule has 6 rings (SSSR count). The Kier molecular flexibility index (Phi) is 7.82. The fourth-order valence-corrected chi connectivity index (χ4v) is 7.43. The van der Waals surface area contributed by atoms with E-state index in [-0.39, 0.29) is 23.9 Å². The van der Waals surface area contributed by atoms with Crippen molar-refractivity contribution in [1.29, 1.82) is 0 Å². The minimum absolute atomic E-state index is 0.177. The third kappa shape index (κ3) is 5.61. The Bertz CT molecular complexity index is 1550. The molecule has 1 aliphatic carbocycles. The number of fused-ring (bicyclic) bond motifs is 4. The van der Waals surface area contributed by atoms with E-state index in [0.29, 0.717) is 26.1 Å².